The average molecular weight is 481 g/mol. The Hall–Kier alpha value is -4.24. The summed E-state index contributed by atoms with van der Waals surface area (Å²) in [6.07, 6.45) is 0.586. The van der Waals surface area contributed by atoms with Crippen LogP contribution in [0.2, 0.25) is 0 Å². The molecule has 0 atom stereocenters. The van der Waals surface area contributed by atoms with Crippen LogP contribution in [-0.2, 0) is 18.7 Å². The molecular formula is C26H20N6O2S. The van der Waals surface area contributed by atoms with Crippen molar-refractivity contribution in [3.05, 3.63) is 118 Å². The van der Waals surface area contributed by atoms with Crippen molar-refractivity contribution in [3.8, 4) is 0 Å². The summed E-state index contributed by atoms with van der Waals surface area (Å²) in [4.78, 5) is 13.3. The molecule has 6 rings (SSSR count). The number of hydrogen-bond acceptors (Lipinski definition) is 7. The molecule has 172 valence electrons. The molecule has 0 amide bonds. The second-order valence-electron chi connectivity index (χ2n) is 8.05. The van der Waals surface area contributed by atoms with E-state index in [9.17, 15) is 4.79 Å². The third kappa shape index (κ3) is 4.22. The molecule has 9 heteroatoms. The van der Waals surface area contributed by atoms with Crippen molar-refractivity contribution >= 4 is 28.4 Å². The molecule has 0 aliphatic heterocycles. The fourth-order valence-electron chi connectivity index (χ4n) is 4.05. The lowest BCUT2D eigenvalue weighted by atomic mass is 10.2. The SMILES string of the molecule is O=c1c2ccccc2n2c(SCc3nnc(Cc4ccccc4)o3)nnc2n1Cc1ccccc1. The van der Waals surface area contributed by atoms with Crippen molar-refractivity contribution in [2.45, 2.75) is 23.9 Å². The molecule has 3 heterocycles. The van der Waals surface area contributed by atoms with E-state index in [1.54, 1.807) is 4.57 Å². The normalized spacial score (nSPS) is 11.4. The van der Waals surface area contributed by atoms with Crippen LogP contribution in [0.3, 0.4) is 0 Å². The Bertz CT molecular complexity index is 1670. The molecule has 35 heavy (non-hydrogen) atoms. The predicted octanol–water partition coefficient (Wildman–Crippen LogP) is 4.36. The van der Waals surface area contributed by atoms with Gasteiger partial charge in [0.05, 0.1) is 29.6 Å². The minimum atomic E-state index is -0.0941. The van der Waals surface area contributed by atoms with Gasteiger partial charge in [0.25, 0.3) is 5.56 Å². The number of hydrogen-bond donors (Lipinski definition) is 0. The summed E-state index contributed by atoms with van der Waals surface area (Å²) in [5.41, 5.74) is 2.80. The number of rotatable bonds is 7. The monoisotopic (exact) mass is 480 g/mol. The molecule has 0 bridgehead atoms. The molecule has 3 aromatic carbocycles. The van der Waals surface area contributed by atoms with Crippen molar-refractivity contribution in [2.24, 2.45) is 0 Å². The van der Waals surface area contributed by atoms with Gasteiger partial charge >= 0.3 is 0 Å². The Balaban J connectivity index is 1.33. The van der Waals surface area contributed by atoms with E-state index in [2.05, 4.69) is 20.4 Å². The zero-order valence-electron chi connectivity index (χ0n) is 18.6. The highest BCUT2D eigenvalue weighted by molar-refractivity contribution is 7.98. The van der Waals surface area contributed by atoms with E-state index in [1.165, 1.54) is 11.8 Å². The second-order valence-corrected chi connectivity index (χ2v) is 9.00. The Morgan fingerprint density at radius 1 is 0.743 bits per heavy atom. The van der Waals surface area contributed by atoms with Gasteiger partial charge in [0.1, 0.15) is 0 Å². The molecule has 0 aliphatic rings. The van der Waals surface area contributed by atoms with Crippen LogP contribution in [0.15, 0.2) is 99.3 Å². The van der Waals surface area contributed by atoms with E-state index in [0.29, 0.717) is 46.8 Å². The molecule has 3 aromatic heterocycles. The van der Waals surface area contributed by atoms with Crippen LogP contribution in [-0.4, -0.2) is 29.4 Å². The fraction of sp³-hybridized carbons (Fsp3) is 0.115. The number of benzene rings is 3. The molecule has 0 spiro atoms. The van der Waals surface area contributed by atoms with Crippen molar-refractivity contribution < 1.29 is 4.42 Å². The summed E-state index contributed by atoms with van der Waals surface area (Å²) in [5, 5.41) is 18.4. The first-order chi connectivity index (χ1) is 17.3. The molecule has 0 radical (unpaired) electrons. The number of thioether (sulfide) groups is 1. The van der Waals surface area contributed by atoms with Gasteiger partial charge in [0.2, 0.25) is 17.6 Å². The molecular weight excluding hydrogens is 460 g/mol. The molecule has 0 saturated carbocycles. The molecule has 6 aromatic rings. The van der Waals surface area contributed by atoms with Gasteiger partial charge in [0.15, 0.2) is 5.16 Å². The first kappa shape index (κ1) is 21.3. The van der Waals surface area contributed by atoms with Gasteiger partial charge in [-0.2, -0.15) is 0 Å². The lowest BCUT2D eigenvalue weighted by molar-refractivity contribution is 0.474. The molecule has 8 nitrogen and oxygen atoms in total. The van der Waals surface area contributed by atoms with Gasteiger partial charge in [-0.15, -0.1) is 20.4 Å². The van der Waals surface area contributed by atoms with Gasteiger partial charge in [0, 0.05) is 0 Å². The summed E-state index contributed by atoms with van der Waals surface area (Å²) in [6.45, 7) is 0.406. The van der Waals surface area contributed by atoms with Crippen molar-refractivity contribution in [2.75, 3.05) is 0 Å². The maximum absolute atomic E-state index is 13.3. The van der Waals surface area contributed by atoms with Crippen LogP contribution in [0.25, 0.3) is 16.7 Å². The van der Waals surface area contributed by atoms with Gasteiger partial charge in [-0.1, -0.05) is 84.6 Å². The number of aromatic nitrogens is 6. The molecule has 0 aliphatic carbocycles. The predicted molar refractivity (Wildman–Crippen MR) is 133 cm³/mol. The molecule has 0 fully saturated rings. The largest absolute Gasteiger partial charge is 0.424 e. The zero-order chi connectivity index (χ0) is 23.6. The fourth-order valence-corrected chi connectivity index (χ4v) is 4.83. The lowest BCUT2D eigenvalue weighted by Crippen LogP contribution is -2.24. The Morgan fingerprint density at radius 3 is 2.23 bits per heavy atom. The Labute approximate surface area is 204 Å². The van der Waals surface area contributed by atoms with Gasteiger partial charge in [-0.3, -0.25) is 13.8 Å². The van der Waals surface area contributed by atoms with Gasteiger partial charge < -0.3 is 4.42 Å². The van der Waals surface area contributed by atoms with E-state index < -0.39 is 0 Å². The summed E-state index contributed by atoms with van der Waals surface area (Å²) < 4.78 is 9.44. The van der Waals surface area contributed by atoms with E-state index in [-0.39, 0.29) is 5.56 Å². The topological polar surface area (TPSA) is 91.1 Å². The van der Waals surface area contributed by atoms with E-state index in [1.807, 2.05) is 89.3 Å². The standard InChI is InChI=1S/C26H20N6O2S/c33-24-20-13-7-8-14-21(20)32-25(31(24)16-19-11-5-2-6-12-19)29-30-26(32)35-17-23-28-27-22(34-23)15-18-9-3-1-4-10-18/h1-14H,15-17H2. The van der Waals surface area contributed by atoms with E-state index >= 15 is 0 Å². The lowest BCUT2D eigenvalue weighted by Gasteiger charge is -2.11. The summed E-state index contributed by atoms with van der Waals surface area (Å²) in [7, 11) is 0. The first-order valence-electron chi connectivity index (χ1n) is 11.1. The molecule has 0 unspecified atom stereocenters. The number of fused-ring (bicyclic) bond motifs is 3. The van der Waals surface area contributed by atoms with E-state index in [4.69, 9.17) is 4.42 Å². The van der Waals surface area contributed by atoms with Crippen molar-refractivity contribution in [1.29, 1.82) is 0 Å². The van der Waals surface area contributed by atoms with Crippen molar-refractivity contribution in [3.63, 3.8) is 0 Å². The zero-order valence-corrected chi connectivity index (χ0v) is 19.4. The molecule has 0 N–H and O–H groups in total. The van der Waals surface area contributed by atoms with Crippen LogP contribution in [0.5, 0.6) is 0 Å². The Morgan fingerprint density at radius 2 is 1.43 bits per heavy atom. The third-order valence-electron chi connectivity index (χ3n) is 5.69. The quantitative estimate of drug-likeness (QED) is 0.314. The maximum Gasteiger partial charge on any atom is 0.263 e. The van der Waals surface area contributed by atoms with Crippen LogP contribution >= 0.6 is 11.8 Å². The third-order valence-corrected chi connectivity index (χ3v) is 6.61. The highest BCUT2D eigenvalue weighted by atomic mass is 32.2. The van der Waals surface area contributed by atoms with E-state index in [0.717, 1.165) is 16.6 Å². The van der Waals surface area contributed by atoms with Crippen LogP contribution < -0.4 is 5.56 Å². The summed E-state index contributed by atoms with van der Waals surface area (Å²) in [5.74, 6) is 2.02. The number of para-hydroxylation sites is 1. The van der Waals surface area contributed by atoms with Gasteiger partial charge in [-0.05, 0) is 23.3 Å². The minimum absolute atomic E-state index is 0.0941. The maximum atomic E-state index is 13.3. The van der Waals surface area contributed by atoms with Gasteiger partial charge in [-0.25, -0.2) is 0 Å². The smallest absolute Gasteiger partial charge is 0.263 e. The highest BCUT2D eigenvalue weighted by Gasteiger charge is 2.18. The first-order valence-corrected chi connectivity index (χ1v) is 12.1. The second kappa shape index (κ2) is 9.19. The number of nitrogens with zero attached hydrogens (tertiary/aromatic N) is 6. The minimum Gasteiger partial charge on any atom is -0.424 e. The Kier molecular flexibility index (Phi) is 5.59. The van der Waals surface area contributed by atoms with Crippen LogP contribution in [0.4, 0.5) is 0 Å². The average Bonchev–Trinajstić information content (AvgIpc) is 3.53. The summed E-state index contributed by atoms with van der Waals surface area (Å²) in [6, 6.07) is 27.4. The van der Waals surface area contributed by atoms with Crippen LogP contribution in [0.1, 0.15) is 22.9 Å². The summed E-state index contributed by atoms with van der Waals surface area (Å²) >= 11 is 1.44. The highest BCUT2D eigenvalue weighted by Crippen LogP contribution is 2.25. The van der Waals surface area contributed by atoms with Crippen molar-refractivity contribution in [1.82, 2.24) is 29.4 Å². The molecule has 0 saturated heterocycles. The van der Waals surface area contributed by atoms with Crippen LogP contribution in [0, 0.1) is 0 Å².